The monoisotopic (exact) mass is 267 g/mol. The fourth-order valence-corrected chi connectivity index (χ4v) is 1.86. The lowest BCUT2D eigenvalue weighted by molar-refractivity contribution is 0.560. The van der Waals surface area contributed by atoms with Gasteiger partial charge < -0.3 is 5.32 Å². The van der Waals surface area contributed by atoms with Gasteiger partial charge in [-0.05, 0) is 36.8 Å². The van der Waals surface area contributed by atoms with Crippen molar-refractivity contribution in [3.05, 3.63) is 64.2 Å². The van der Waals surface area contributed by atoms with Gasteiger partial charge in [-0.15, -0.1) is 0 Å². The zero-order chi connectivity index (χ0) is 13.1. The first-order chi connectivity index (χ1) is 8.59. The second-order valence-electron chi connectivity index (χ2n) is 3.97. The smallest absolute Gasteiger partial charge is 0.131 e. The van der Waals surface area contributed by atoms with Crippen LogP contribution in [0, 0.1) is 18.6 Å². The average molecular weight is 268 g/mol. The van der Waals surface area contributed by atoms with Crippen molar-refractivity contribution in [2.24, 2.45) is 0 Å². The molecule has 2 aromatic carbocycles. The highest BCUT2D eigenvalue weighted by molar-refractivity contribution is 6.31. The summed E-state index contributed by atoms with van der Waals surface area (Å²) in [5.74, 6) is -1.11. The molecule has 0 aliphatic carbocycles. The van der Waals surface area contributed by atoms with Crippen molar-refractivity contribution in [2.45, 2.75) is 13.5 Å². The average Bonchev–Trinajstić information content (AvgIpc) is 2.33. The molecule has 94 valence electrons. The molecular formula is C14H12ClF2N. The number of benzene rings is 2. The third-order valence-electron chi connectivity index (χ3n) is 2.78. The Morgan fingerprint density at radius 2 is 1.67 bits per heavy atom. The van der Waals surface area contributed by atoms with Gasteiger partial charge in [0.15, 0.2) is 0 Å². The second kappa shape index (κ2) is 5.36. The molecule has 0 aliphatic heterocycles. The van der Waals surface area contributed by atoms with E-state index < -0.39 is 11.6 Å². The summed E-state index contributed by atoms with van der Waals surface area (Å²) in [7, 11) is 0. The summed E-state index contributed by atoms with van der Waals surface area (Å²) in [5.41, 5.74) is 1.65. The molecule has 0 aromatic heterocycles. The number of halogens is 3. The van der Waals surface area contributed by atoms with Crippen LogP contribution >= 0.6 is 11.6 Å². The van der Waals surface area contributed by atoms with E-state index >= 15 is 0 Å². The Balaban J connectivity index is 2.19. The van der Waals surface area contributed by atoms with E-state index in [4.69, 9.17) is 11.6 Å². The van der Waals surface area contributed by atoms with Crippen molar-refractivity contribution in [1.82, 2.24) is 0 Å². The van der Waals surface area contributed by atoms with Gasteiger partial charge in [-0.1, -0.05) is 23.7 Å². The molecule has 0 saturated carbocycles. The second-order valence-corrected chi connectivity index (χ2v) is 4.37. The first kappa shape index (κ1) is 12.8. The molecule has 4 heteroatoms. The predicted molar refractivity (Wildman–Crippen MR) is 69.9 cm³/mol. The molecule has 0 spiro atoms. The molecule has 0 unspecified atom stereocenters. The zero-order valence-corrected chi connectivity index (χ0v) is 10.6. The number of hydrogen-bond acceptors (Lipinski definition) is 1. The summed E-state index contributed by atoms with van der Waals surface area (Å²) >= 11 is 5.97. The van der Waals surface area contributed by atoms with E-state index in [-0.39, 0.29) is 12.1 Å². The Kier molecular flexibility index (Phi) is 3.82. The van der Waals surface area contributed by atoms with Crippen LogP contribution in [-0.4, -0.2) is 0 Å². The van der Waals surface area contributed by atoms with E-state index in [0.717, 1.165) is 11.3 Å². The van der Waals surface area contributed by atoms with Gasteiger partial charge in [-0.25, -0.2) is 8.78 Å². The number of nitrogens with one attached hydrogen (secondary N) is 1. The first-order valence-corrected chi connectivity index (χ1v) is 5.89. The standard InChI is InChI=1S/C14H12ClF2N/c1-9-11(15)4-2-7-14(9)18-8-10-12(16)5-3-6-13(10)17/h2-7,18H,8H2,1H3. The first-order valence-electron chi connectivity index (χ1n) is 5.51. The maximum Gasteiger partial charge on any atom is 0.131 e. The summed E-state index contributed by atoms with van der Waals surface area (Å²) in [5, 5.41) is 3.61. The fraction of sp³-hybridized carbons (Fsp3) is 0.143. The van der Waals surface area contributed by atoms with E-state index in [1.165, 1.54) is 18.2 Å². The third-order valence-corrected chi connectivity index (χ3v) is 3.19. The van der Waals surface area contributed by atoms with Gasteiger partial charge in [0.1, 0.15) is 11.6 Å². The van der Waals surface area contributed by atoms with Crippen LogP contribution in [0.15, 0.2) is 36.4 Å². The molecule has 0 aliphatic rings. The normalized spacial score (nSPS) is 10.4. The summed E-state index contributed by atoms with van der Waals surface area (Å²) in [6, 6.07) is 9.20. The van der Waals surface area contributed by atoms with Crippen LogP contribution in [0.25, 0.3) is 0 Å². The minimum Gasteiger partial charge on any atom is -0.380 e. The molecule has 0 bridgehead atoms. The van der Waals surface area contributed by atoms with Crippen LogP contribution < -0.4 is 5.32 Å². The highest BCUT2D eigenvalue weighted by Gasteiger charge is 2.09. The lowest BCUT2D eigenvalue weighted by Gasteiger charge is -2.11. The molecule has 18 heavy (non-hydrogen) atoms. The van der Waals surface area contributed by atoms with Crippen molar-refractivity contribution in [3.8, 4) is 0 Å². The zero-order valence-electron chi connectivity index (χ0n) is 9.81. The maximum atomic E-state index is 13.4. The predicted octanol–water partition coefficient (Wildman–Crippen LogP) is 4.54. The molecule has 0 saturated heterocycles. The molecule has 0 atom stereocenters. The van der Waals surface area contributed by atoms with Gasteiger partial charge in [0, 0.05) is 22.8 Å². The van der Waals surface area contributed by atoms with Crippen molar-refractivity contribution in [2.75, 3.05) is 5.32 Å². The molecule has 1 nitrogen and oxygen atoms in total. The van der Waals surface area contributed by atoms with E-state index in [0.29, 0.717) is 5.02 Å². The highest BCUT2D eigenvalue weighted by atomic mass is 35.5. The van der Waals surface area contributed by atoms with E-state index in [2.05, 4.69) is 5.32 Å². The Bertz CT molecular complexity index is 549. The van der Waals surface area contributed by atoms with Gasteiger partial charge in [-0.3, -0.25) is 0 Å². The fourth-order valence-electron chi connectivity index (χ4n) is 1.68. The Morgan fingerprint density at radius 3 is 2.33 bits per heavy atom. The molecule has 1 N–H and O–H groups in total. The molecular weight excluding hydrogens is 256 g/mol. The van der Waals surface area contributed by atoms with Crippen LogP contribution in [0.5, 0.6) is 0 Å². The number of hydrogen-bond donors (Lipinski definition) is 1. The molecule has 2 rings (SSSR count). The number of anilines is 1. The Morgan fingerprint density at radius 1 is 1.06 bits per heavy atom. The van der Waals surface area contributed by atoms with Crippen LogP contribution in [0.2, 0.25) is 5.02 Å². The summed E-state index contributed by atoms with van der Waals surface area (Å²) < 4.78 is 26.9. The molecule has 0 amide bonds. The Labute approximate surface area is 109 Å². The van der Waals surface area contributed by atoms with E-state index in [9.17, 15) is 8.78 Å². The summed E-state index contributed by atoms with van der Waals surface area (Å²) in [6.45, 7) is 1.93. The molecule has 2 aromatic rings. The number of rotatable bonds is 3. The van der Waals surface area contributed by atoms with Gasteiger partial charge in [0.25, 0.3) is 0 Å². The van der Waals surface area contributed by atoms with Gasteiger partial charge in [-0.2, -0.15) is 0 Å². The third kappa shape index (κ3) is 2.62. The van der Waals surface area contributed by atoms with Crippen LogP contribution in [0.1, 0.15) is 11.1 Å². The van der Waals surface area contributed by atoms with Gasteiger partial charge in [0.2, 0.25) is 0 Å². The van der Waals surface area contributed by atoms with Crippen LogP contribution in [0.4, 0.5) is 14.5 Å². The van der Waals surface area contributed by atoms with Crippen molar-refractivity contribution >= 4 is 17.3 Å². The summed E-state index contributed by atoms with van der Waals surface area (Å²) in [6.07, 6.45) is 0. The molecule has 0 radical (unpaired) electrons. The van der Waals surface area contributed by atoms with E-state index in [1.54, 1.807) is 12.1 Å². The minimum atomic E-state index is -0.554. The van der Waals surface area contributed by atoms with Crippen molar-refractivity contribution in [1.29, 1.82) is 0 Å². The van der Waals surface area contributed by atoms with E-state index in [1.807, 2.05) is 13.0 Å². The Hall–Kier alpha value is -1.61. The van der Waals surface area contributed by atoms with Crippen molar-refractivity contribution < 1.29 is 8.78 Å². The maximum absolute atomic E-state index is 13.4. The lowest BCUT2D eigenvalue weighted by atomic mass is 10.1. The van der Waals surface area contributed by atoms with Gasteiger partial charge in [0.05, 0.1) is 0 Å². The largest absolute Gasteiger partial charge is 0.380 e. The SMILES string of the molecule is Cc1c(Cl)cccc1NCc1c(F)cccc1F. The summed E-state index contributed by atoms with van der Waals surface area (Å²) in [4.78, 5) is 0. The lowest BCUT2D eigenvalue weighted by Crippen LogP contribution is -2.05. The van der Waals surface area contributed by atoms with Gasteiger partial charge >= 0.3 is 0 Å². The topological polar surface area (TPSA) is 12.0 Å². The minimum absolute atomic E-state index is 0.0249. The van der Waals surface area contributed by atoms with Crippen molar-refractivity contribution in [3.63, 3.8) is 0 Å². The van der Waals surface area contributed by atoms with Crippen LogP contribution in [-0.2, 0) is 6.54 Å². The quantitative estimate of drug-likeness (QED) is 0.861. The van der Waals surface area contributed by atoms with Crippen LogP contribution in [0.3, 0.4) is 0 Å². The molecule has 0 heterocycles. The molecule has 0 fully saturated rings. The highest BCUT2D eigenvalue weighted by Crippen LogP contribution is 2.24.